The summed E-state index contributed by atoms with van der Waals surface area (Å²) in [6.07, 6.45) is 4.62. The summed E-state index contributed by atoms with van der Waals surface area (Å²) in [6.45, 7) is 2.28. The Labute approximate surface area is 56.0 Å². The summed E-state index contributed by atoms with van der Waals surface area (Å²) in [5.74, 6) is 0.888. The van der Waals surface area contributed by atoms with Crippen molar-refractivity contribution in [1.82, 2.24) is 10.6 Å². The molecular weight excluding hydrogens is 112 g/mol. The van der Waals surface area contributed by atoms with Crippen LogP contribution in [0, 0.1) is 5.92 Å². The predicted molar refractivity (Wildman–Crippen MR) is 36.1 cm³/mol. The van der Waals surface area contributed by atoms with E-state index < -0.39 is 0 Å². The topological polar surface area (TPSA) is 26.1 Å². The second-order valence-electron chi connectivity index (χ2n) is 3.00. The molecule has 2 rings (SSSR count). The van der Waals surface area contributed by atoms with Gasteiger partial charge in [-0.25, -0.2) is 5.32 Å². The maximum atomic E-state index is 4.48. The molecular formula is C7H13N2. The van der Waals surface area contributed by atoms with E-state index >= 15 is 0 Å². The van der Waals surface area contributed by atoms with Crippen LogP contribution in [0.3, 0.4) is 0 Å². The largest absolute Gasteiger partial charge is 0.300 e. The van der Waals surface area contributed by atoms with Gasteiger partial charge in [0, 0.05) is 6.54 Å². The number of fused-ring (bicyclic) bond motifs is 1. The van der Waals surface area contributed by atoms with E-state index in [0.717, 1.165) is 12.5 Å². The van der Waals surface area contributed by atoms with Gasteiger partial charge in [-0.15, -0.1) is 0 Å². The molecule has 1 radical (unpaired) electrons. The highest BCUT2D eigenvalue weighted by Crippen LogP contribution is 2.23. The van der Waals surface area contributed by atoms with Crippen LogP contribution >= 0.6 is 0 Å². The zero-order valence-electron chi connectivity index (χ0n) is 5.64. The zero-order valence-corrected chi connectivity index (χ0v) is 5.64. The fourth-order valence-corrected chi connectivity index (χ4v) is 1.84. The van der Waals surface area contributed by atoms with Crippen molar-refractivity contribution in [3.05, 3.63) is 0 Å². The van der Waals surface area contributed by atoms with Crippen LogP contribution in [-0.2, 0) is 0 Å². The number of nitrogens with one attached hydrogen (secondary N) is 1. The highest BCUT2D eigenvalue weighted by molar-refractivity contribution is 4.84. The minimum absolute atomic E-state index is 0.541. The number of piperidine rings is 1. The van der Waals surface area contributed by atoms with Gasteiger partial charge in [0.1, 0.15) is 0 Å². The fraction of sp³-hybridized carbons (Fsp3) is 1.00. The fourth-order valence-electron chi connectivity index (χ4n) is 1.84. The van der Waals surface area contributed by atoms with Gasteiger partial charge in [-0.1, -0.05) is 0 Å². The molecule has 2 heteroatoms. The van der Waals surface area contributed by atoms with E-state index in [1.54, 1.807) is 0 Å². The Balaban J connectivity index is 1.97. The first-order chi connectivity index (χ1) is 4.47. The van der Waals surface area contributed by atoms with Crippen molar-refractivity contribution in [1.29, 1.82) is 0 Å². The Kier molecular flexibility index (Phi) is 1.44. The second-order valence-corrected chi connectivity index (χ2v) is 3.00. The summed E-state index contributed by atoms with van der Waals surface area (Å²) in [4.78, 5) is 0. The normalized spacial score (nSPS) is 42.7. The van der Waals surface area contributed by atoms with Crippen LogP contribution in [0.1, 0.15) is 19.3 Å². The van der Waals surface area contributed by atoms with E-state index in [1.807, 2.05) is 0 Å². The van der Waals surface area contributed by atoms with E-state index in [-0.39, 0.29) is 0 Å². The molecule has 0 aromatic heterocycles. The van der Waals surface area contributed by atoms with E-state index in [0.29, 0.717) is 6.17 Å². The van der Waals surface area contributed by atoms with Crippen LogP contribution in [0.15, 0.2) is 0 Å². The molecule has 0 spiro atoms. The van der Waals surface area contributed by atoms with E-state index in [1.165, 1.54) is 25.8 Å². The Hall–Kier alpha value is -0.0800. The molecule has 51 valence electrons. The minimum atomic E-state index is 0.541. The molecule has 0 aromatic carbocycles. The molecule has 0 bridgehead atoms. The van der Waals surface area contributed by atoms with Crippen molar-refractivity contribution in [2.45, 2.75) is 25.4 Å². The van der Waals surface area contributed by atoms with Gasteiger partial charge in [0.05, 0.1) is 6.17 Å². The Bertz CT molecular complexity index is 91.1. The first kappa shape index (κ1) is 5.69. The van der Waals surface area contributed by atoms with Crippen molar-refractivity contribution in [2.75, 3.05) is 13.1 Å². The second kappa shape index (κ2) is 2.27. The Morgan fingerprint density at radius 1 is 1.33 bits per heavy atom. The quantitative estimate of drug-likeness (QED) is 0.496. The lowest BCUT2D eigenvalue weighted by Crippen LogP contribution is -2.40. The predicted octanol–water partition coefficient (Wildman–Crippen LogP) is 0.320. The molecule has 2 unspecified atom stereocenters. The molecule has 2 nitrogen and oxygen atoms in total. The molecule has 9 heavy (non-hydrogen) atoms. The number of hydrogen-bond donors (Lipinski definition) is 1. The van der Waals surface area contributed by atoms with Crippen molar-refractivity contribution < 1.29 is 0 Å². The molecule has 0 aromatic rings. The van der Waals surface area contributed by atoms with Crippen LogP contribution in [0.4, 0.5) is 0 Å². The average molecular weight is 125 g/mol. The van der Waals surface area contributed by atoms with E-state index in [9.17, 15) is 0 Å². The Morgan fingerprint density at radius 3 is 3.22 bits per heavy atom. The van der Waals surface area contributed by atoms with Crippen molar-refractivity contribution in [2.24, 2.45) is 5.92 Å². The summed E-state index contributed by atoms with van der Waals surface area (Å²) >= 11 is 0. The maximum absolute atomic E-state index is 4.48. The van der Waals surface area contributed by atoms with E-state index in [4.69, 9.17) is 0 Å². The van der Waals surface area contributed by atoms with Gasteiger partial charge < -0.3 is 5.32 Å². The van der Waals surface area contributed by atoms with Crippen LogP contribution < -0.4 is 10.6 Å². The summed E-state index contributed by atoms with van der Waals surface area (Å²) in [5, 5.41) is 7.87. The minimum Gasteiger partial charge on any atom is -0.300 e. The van der Waals surface area contributed by atoms with Gasteiger partial charge in [-0.2, -0.15) is 0 Å². The Morgan fingerprint density at radius 2 is 2.33 bits per heavy atom. The van der Waals surface area contributed by atoms with Gasteiger partial charge in [0.2, 0.25) is 0 Å². The molecule has 2 aliphatic heterocycles. The zero-order chi connectivity index (χ0) is 6.10. The smallest absolute Gasteiger partial charge is 0.0764 e. The van der Waals surface area contributed by atoms with Crippen molar-refractivity contribution >= 4 is 0 Å². The molecule has 0 amide bonds. The lowest BCUT2D eigenvalue weighted by Gasteiger charge is -2.23. The third kappa shape index (κ3) is 0.970. The van der Waals surface area contributed by atoms with Crippen LogP contribution in [-0.4, -0.2) is 19.3 Å². The molecule has 2 heterocycles. The number of rotatable bonds is 0. The monoisotopic (exact) mass is 125 g/mol. The summed E-state index contributed by atoms with van der Waals surface area (Å²) in [6, 6.07) is 0. The molecule has 0 aliphatic carbocycles. The van der Waals surface area contributed by atoms with Gasteiger partial charge in [0.25, 0.3) is 0 Å². The standard InChI is InChI=1S/C7H13N2/c1-2-6-3-5-9-7(6)8-4-1/h6-7,9H,1-5H2. The van der Waals surface area contributed by atoms with Crippen LogP contribution in [0.2, 0.25) is 0 Å². The van der Waals surface area contributed by atoms with Crippen molar-refractivity contribution in [3.8, 4) is 0 Å². The summed E-state index contributed by atoms with van der Waals surface area (Å²) in [7, 11) is 0. The van der Waals surface area contributed by atoms with Crippen molar-refractivity contribution in [3.63, 3.8) is 0 Å². The average Bonchev–Trinajstić information content (AvgIpc) is 2.33. The third-order valence-corrected chi connectivity index (χ3v) is 2.37. The lowest BCUT2D eigenvalue weighted by molar-refractivity contribution is 0.295. The number of nitrogens with zero attached hydrogens (tertiary/aromatic N) is 1. The van der Waals surface area contributed by atoms with Gasteiger partial charge >= 0.3 is 0 Å². The summed E-state index contributed by atoms with van der Waals surface area (Å²) < 4.78 is 0. The molecule has 2 aliphatic rings. The summed E-state index contributed by atoms with van der Waals surface area (Å²) in [5.41, 5.74) is 0. The molecule has 0 saturated carbocycles. The highest BCUT2D eigenvalue weighted by Gasteiger charge is 2.29. The molecule has 2 fully saturated rings. The molecule has 2 saturated heterocycles. The first-order valence-electron chi connectivity index (χ1n) is 3.87. The third-order valence-electron chi connectivity index (χ3n) is 2.37. The molecule has 1 N–H and O–H groups in total. The van der Waals surface area contributed by atoms with Gasteiger partial charge in [-0.3, -0.25) is 0 Å². The molecule has 2 atom stereocenters. The first-order valence-corrected chi connectivity index (χ1v) is 3.87. The SMILES string of the molecule is C1C[N]C2NCCC2C1. The van der Waals surface area contributed by atoms with Crippen LogP contribution in [0.5, 0.6) is 0 Å². The van der Waals surface area contributed by atoms with Crippen LogP contribution in [0.25, 0.3) is 0 Å². The van der Waals surface area contributed by atoms with Gasteiger partial charge in [0.15, 0.2) is 0 Å². The lowest BCUT2D eigenvalue weighted by atomic mass is 9.96. The number of hydrogen-bond acceptors (Lipinski definition) is 1. The maximum Gasteiger partial charge on any atom is 0.0764 e. The highest BCUT2D eigenvalue weighted by atomic mass is 15.2. The van der Waals surface area contributed by atoms with Gasteiger partial charge in [-0.05, 0) is 31.7 Å². The van der Waals surface area contributed by atoms with E-state index in [2.05, 4.69) is 10.6 Å².